The fourth-order valence-corrected chi connectivity index (χ4v) is 6.79. The minimum Gasteiger partial charge on any atom is -0.375 e. The van der Waals surface area contributed by atoms with Crippen molar-refractivity contribution in [1.29, 1.82) is 0 Å². The molecule has 10 heteroatoms. The number of hydrogen-bond acceptors (Lipinski definition) is 4. The number of aromatic amines is 1. The van der Waals surface area contributed by atoms with E-state index in [0.717, 1.165) is 0 Å². The molecule has 1 saturated heterocycles. The van der Waals surface area contributed by atoms with E-state index in [-0.39, 0.29) is 36.3 Å². The molecule has 0 saturated carbocycles. The van der Waals surface area contributed by atoms with Crippen LogP contribution in [0.5, 0.6) is 0 Å². The maximum absolute atomic E-state index is 14.6. The van der Waals surface area contributed by atoms with E-state index in [1.54, 1.807) is 36.4 Å². The van der Waals surface area contributed by atoms with Crippen LogP contribution in [-0.2, 0) is 6.42 Å². The van der Waals surface area contributed by atoms with Gasteiger partial charge in [0.2, 0.25) is 0 Å². The first-order valence-electron chi connectivity index (χ1n) is 9.79. The smallest absolute Gasteiger partial charge is 0.375 e. The summed E-state index contributed by atoms with van der Waals surface area (Å²) in [5, 5.41) is 7.96. The number of H-pyrrole nitrogens is 1. The Bertz CT molecular complexity index is 1160. The molecule has 5 nitrogen and oxygen atoms in total. The second-order valence-corrected chi connectivity index (χ2v) is 11.0. The first kappa shape index (κ1) is 21.9. The van der Waals surface area contributed by atoms with Crippen molar-refractivity contribution in [1.82, 2.24) is 15.1 Å². The Balaban J connectivity index is 1.59. The number of nitrogens with zero attached hydrogens (tertiary/aromatic N) is 2. The molecule has 1 aromatic heterocycles. The van der Waals surface area contributed by atoms with Crippen molar-refractivity contribution >= 4 is 23.6 Å². The highest BCUT2D eigenvalue weighted by atomic mass is 31.2. The molecule has 2 aromatic carbocycles. The first-order chi connectivity index (χ1) is 14.6. The zero-order valence-corrected chi connectivity index (χ0v) is 17.4. The number of rotatable bonds is 4. The Morgan fingerprint density at radius 3 is 2.45 bits per heavy atom. The Hall–Kier alpha value is -2.35. The second kappa shape index (κ2) is 8.30. The molecule has 4 rings (SSSR count). The first-order valence-corrected chi connectivity index (χ1v) is 11.9. The average Bonchev–Trinajstić information content (AvgIpc) is 2.72. The van der Waals surface area contributed by atoms with Gasteiger partial charge in [-0.1, -0.05) is 24.3 Å². The number of benzene rings is 2. The zero-order chi connectivity index (χ0) is 22.2. The summed E-state index contributed by atoms with van der Waals surface area (Å²) in [5.74, 6) is -0.553. The van der Waals surface area contributed by atoms with E-state index in [1.165, 1.54) is 11.0 Å². The van der Waals surface area contributed by atoms with Gasteiger partial charge in [-0.25, -0.2) is 9.49 Å². The van der Waals surface area contributed by atoms with Gasteiger partial charge < -0.3 is 4.89 Å². The largest absolute Gasteiger partial charge is 0.401 e. The normalized spacial score (nSPS) is 17.2. The van der Waals surface area contributed by atoms with Crippen LogP contribution in [0.15, 0.2) is 47.3 Å². The number of hydrogen-bond donors (Lipinski definition) is 2. The fraction of sp³-hybridized carbons (Fsp3) is 0.333. The highest BCUT2D eigenvalue weighted by molar-refractivity contribution is 7.77. The van der Waals surface area contributed by atoms with Crippen LogP contribution < -0.4 is 10.9 Å². The minimum absolute atomic E-state index is 0.0690. The summed E-state index contributed by atoms with van der Waals surface area (Å²) >= 11 is 0. The third-order valence-electron chi connectivity index (χ3n) is 5.58. The van der Waals surface area contributed by atoms with E-state index in [1.807, 2.05) is 0 Å². The van der Waals surface area contributed by atoms with Gasteiger partial charge in [-0.15, -0.1) is 0 Å². The third kappa shape index (κ3) is 4.79. The number of aromatic nitrogens is 2. The lowest BCUT2D eigenvalue weighted by Crippen LogP contribution is -2.44. The van der Waals surface area contributed by atoms with E-state index < -0.39 is 26.0 Å². The molecule has 0 unspecified atom stereocenters. The van der Waals surface area contributed by atoms with Gasteiger partial charge in [0.15, 0.2) is 0 Å². The molecule has 0 aliphatic carbocycles. The van der Waals surface area contributed by atoms with Crippen molar-refractivity contribution in [3.8, 4) is 0 Å². The van der Waals surface area contributed by atoms with Gasteiger partial charge in [0.05, 0.1) is 17.6 Å². The topological polar surface area (TPSA) is 69.2 Å². The minimum atomic E-state index is -4.30. The van der Waals surface area contributed by atoms with Gasteiger partial charge in [0.1, 0.15) is 5.82 Å². The lowest BCUT2D eigenvalue weighted by atomic mass is 10.0. The standard InChI is InChI=1S/C21H21F4N3O2P/c22-17-6-5-14(11-18-15-3-1-2-4-16(15)20(29)27-26-18)12-19(17)31(30)9-7-28(8-10-31)13-21(23,24)25/h1-6,12,30H,7-11,13H2,(H,27,29). The molecule has 0 bridgehead atoms. The number of nitrogens with one attached hydrogen (secondary N) is 1. The monoisotopic (exact) mass is 454 g/mol. The molecule has 3 aromatic rings. The molecule has 1 fully saturated rings. The molecule has 0 spiro atoms. The SMILES string of the molecule is O=c1[nH]nc(Cc2ccc(F)c([P]3(O)CCN(CC(F)(F)F)CC3)c2)c2ccccc12. The van der Waals surface area contributed by atoms with Crippen LogP contribution in [0.4, 0.5) is 17.6 Å². The summed E-state index contributed by atoms with van der Waals surface area (Å²) in [5.41, 5.74) is 1.01. The summed E-state index contributed by atoms with van der Waals surface area (Å²) < 4.78 is 52.5. The Labute approximate surface area is 176 Å². The van der Waals surface area contributed by atoms with Crippen molar-refractivity contribution in [3.63, 3.8) is 0 Å². The van der Waals surface area contributed by atoms with Crippen molar-refractivity contribution in [2.45, 2.75) is 12.6 Å². The van der Waals surface area contributed by atoms with Crippen LogP contribution in [0.2, 0.25) is 0 Å². The van der Waals surface area contributed by atoms with Crippen LogP contribution in [-0.4, -0.2) is 58.1 Å². The molecule has 0 amide bonds. The van der Waals surface area contributed by atoms with Crippen molar-refractivity contribution in [2.24, 2.45) is 0 Å². The molecular weight excluding hydrogens is 433 g/mol. The van der Waals surface area contributed by atoms with Crippen molar-refractivity contribution in [2.75, 3.05) is 32.0 Å². The molecular formula is C21H21F4N3O2P. The summed E-state index contributed by atoms with van der Waals surface area (Å²) in [6.45, 7) is -0.889. The maximum atomic E-state index is 14.6. The molecule has 1 aliphatic heterocycles. The second-order valence-electron chi connectivity index (χ2n) is 7.77. The van der Waals surface area contributed by atoms with Gasteiger partial charge >= 0.3 is 6.18 Å². The Morgan fingerprint density at radius 1 is 1.10 bits per heavy atom. The van der Waals surface area contributed by atoms with Crippen LogP contribution in [0.1, 0.15) is 11.3 Å². The van der Waals surface area contributed by atoms with Crippen LogP contribution in [0, 0.1) is 5.82 Å². The quantitative estimate of drug-likeness (QED) is 0.470. The van der Waals surface area contributed by atoms with Crippen molar-refractivity contribution < 1.29 is 22.5 Å². The van der Waals surface area contributed by atoms with E-state index in [4.69, 9.17) is 0 Å². The summed E-state index contributed by atoms with van der Waals surface area (Å²) in [7, 11) is -2.91. The Morgan fingerprint density at radius 2 is 1.77 bits per heavy atom. The fourth-order valence-electron chi connectivity index (χ4n) is 3.98. The van der Waals surface area contributed by atoms with E-state index in [9.17, 15) is 27.2 Å². The lowest BCUT2D eigenvalue weighted by molar-refractivity contribution is -0.145. The number of alkyl halides is 3. The highest BCUT2D eigenvalue weighted by Gasteiger charge is 2.38. The van der Waals surface area contributed by atoms with E-state index >= 15 is 0 Å². The summed E-state index contributed by atoms with van der Waals surface area (Å²) in [6.07, 6.45) is -3.76. The van der Waals surface area contributed by atoms with Gasteiger partial charge in [-0.3, -0.25) is 9.69 Å². The molecule has 1 aliphatic rings. The summed E-state index contributed by atoms with van der Waals surface area (Å²) in [6, 6.07) is 11.5. The van der Waals surface area contributed by atoms with Crippen LogP contribution in [0.25, 0.3) is 10.8 Å². The lowest BCUT2D eigenvalue weighted by Gasteiger charge is -2.40. The number of halogens is 4. The predicted octanol–water partition coefficient (Wildman–Crippen LogP) is 3.08. The van der Waals surface area contributed by atoms with Gasteiger partial charge in [0.25, 0.3) is 5.56 Å². The highest BCUT2D eigenvalue weighted by Crippen LogP contribution is 2.55. The molecule has 165 valence electrons. The molecule has 1 radical (unpaired) electrons. The van der Waals surface area contributed by atoms with E-state index in [0.29, 0.717) is 28.5 Å². The van der Waals surface area contributed by atoms with Crippen LogP contribution >= 0.6 is 7.49 Å². The van der Waals surface area contributed by atoms with Gasteiger partial charge in [-0.2, -0.15) is 18.3 Å². The van der Waals surface area contributed by atoms with E-state index in [2.05, 4.69) is 10.2 Å². The number of fused-ring (bicyclic) bond motifs is 1. The molecule has 31 heavy (non-hydrogen) atoms. The van der Waals surface area contributed by atoms with Crippen molar-refractivity contribution in [3.05, 3.63) is 69.9 Å². The van der Waals surface area contributed by atoms with Crippen LogP contribution in [0.3, 0.4) is 0 Å². The summed E-state index contributed by atoms with van der Waals surface area (Å²) in [4.78, 5) is 24.4. The Kier molecular flexibility index (Phi) is 5.85. The molecule has 0 atom stereocenters. The van der Waals surface area contributed by atoms with Gasteiger partial charge in [-0.05, 0) is 23.8 Å². The third-order valence-corrected chi connectivity index (χ3v) is 8.70. The maximum Gasteiger partial charge on any atom is 0.401 e. The predicted molar refractivity (Wildman–Crippen MR) is 113 cm³/mol. The zero-order valence-electron chi connectivity index (χ0n) is 16.5. The molecule has 2 N–H and O–H groups in total. The molecule has 2 heterocycles. The van der Waals surface area contributed by atoms with Gasteiger partial charge in [0, 0.05) is 50.0 Å². The average molecular weight is 454 g/mol.